The highest BCUT2D eigenvalue weighted by molar-refractivity contribution is 6.29. The lowest BCUT2D eigenvalue weighted by atomic mass is 9.91. The van der Waals surface area contributed by atoms with Crippen molar-refractivity contribution in [3.8, 4) is 0 Å². The van der Waals surface area contributed by atoms with Gasteiger partial charge >= 0.3 is 0 Å². The number of carbonyl (C=O) groups is 1. The van der Waals surface area contributed by atoms with Crippen LogP contribution in [-0.4, -0.2) is 28.5 Å². The molecule has 0 aromatic carbocycles. The number of amides is 1. The number of aromatic nitrogens is 2. The molecule has 0 aliphatic carbocycles. The van der Waals surface area contributed by atoms with Crippen molar-refractivity contribution in [2.45, 2.75) is 45.0 Å². The van der Waals surface area contributed by atoms with E-state index >= 15 is 0 Å². The maximum Gasteiger partial charge on any atom is 0.291 e. The van der Waals surface area contributed by atoms with Crippen LogP contribution in [0.2, 0.25) is 0 Å². The molecule has 1 aliphatic heterocycles. The zero-order valence-corrected chi connectivity index (χ0v) is 13.0. The smallest absolute Gasteiger partial charge is 0.291 e. The first-order chi connectivity index (χ1) is 9.73. The van der Waals surface area contributed by atoms with Crippen LogP contribution < -0.4 is 4.90 Å². The number of rotatable bonds is 4. The summed E-state index contributed by atoms with van der Waals surface area (Å²) < 4.78 is 28.0. The molecule has 0 bridgehead atoms. The van der Waals surface area contributed by atoms with Crippen molar-refractivity contribution in [2.75, 3.05) is 17.3 Å². The first kappa shape index (κ1) is 16.1. The lowest BCUT2D eigenvalue weighted by Crippen LogP contribution is -2.34. The van der Waals surface area contributed by atoms with Gasteiger partial charge in [-0.15, -0.1) is 16.7 Å². The number of fused-ring (bicyclic) bond motifs is 1. The Hall–Kier alpha value is -1.30. The van der Waals surface area contributed by atoms with Gasteiger partial charge in [0, 0.05) is 18.4 Å². The van der Waals surface area contributed by atoms with E-state index in [9.17, 15) is 13.6 Å². The van der Waals surface area contributed by atoms with Gasteiger partial charge in [-0.25, -0.2) is 0 Å². The topological polar surface area (TPSA) is 46.1 Å². The molecule has 2 heterocycles. The average molecular weight is 318 g/mol. The van der Waals surface area contributed by atoms with Crippen LogP contribution in [0.3, 0.4) is 0 Å². The fourth-order valence-electron chi connectivity index (χ4n) is 2.54. The normalized spacial score (nSPS) is 17.0. The third kappa shape index (κ3) is 2.86. The molecular formula is C14H18ClF2N3O. The minimum absolute atomic E-state index is 0.196. The number of hydrogen-bond donors (Lipinski definition) is 0. The summed E-state index contributed by atoms with van der Waals surface area (Å²) in [5, 5.41) is 7.65. The lowest BCUT2D eigenvalue weighted by Gasteiger charge is -2.19. The highest BCUT2D eigenvalue weighted by Crippen LogP contribution is 2.41. The molecule has 116 valence electrons. The molecule has 0 saturated carbocycles. The van der Waals surface area contributed by atoms with E-state index in [2.05, 4.69) is 10.2 Å². The Labute approximate surface area is 127 Å². The molecule has 0 unspecified atom stereocenters. The fraction of sp³-hybridized carbons (Fsp3) is 0.643. The molecule has 4 nitrogen and oxygen atoms in total. The Morgan fingerprint density at radius 3 is 2.71 bits per heavy atom. The summed E-state index contributed by atoms with van der Waals surface area (Å²) >= 11 is 5.60. The standard InChI is InChI=1S/C14H18ClF2N3O/c1-4-5-14(16,17)10-6-9-12(19-18-10)13(2,3)8-20(9)11(21)7-15/h6H,4-5,7-8H2,1-3H3. The molecule has 1 aliphatic rings. The summed E-state index contributed by atoms with van der Waals surface area (Å²) in [6, 6.07) is 1.27. The monoisotopic (exact) mass is 317 g/mol. The first-order valence-corrected chi connectivity index (χ1v) is 7.39. The van der Waals surface area contributed by atoms with Crippen LogP contribution in [0.4, 0.5) is 14.5 Å². The van der Waals surface area contributed by atoms with Crippen LogP contribution in [0.5, 0.6) is 0 Å². The van der Waals surface area contributed by atoms with Crippen molar-refractivity contribution in [2.24, 2.45) is 0 Å². The molecule has 0 radical (unpaired) electrons. The van der Waals surface area contributed by atoms with Crippen LogP contribution in [0.1, 0.15) is 45.0 Å². The van der Waals surface area contributed by atoms with Gasteiger partial charge in [0.2, 0.25) is 5.91 Å². The van der Waals surface area contributed by atoms with E-state index < -0.39 is 17.0 Å². The number of alkyl halides is 3. The Morgan fingerprint density at radius 1 is 1.48 bits per heavy atom. The van der Waals surface area contributed by atoms with E-state index in [1.54, 1.807) is 6.92 Å². The molecule has 0 fully saturated rings. The zero-order chi connectivity index (χ0) is 15.8. The fourth-order valence-corrected chi connectivity index (χ4v) is 2.68. The second-order valence-corrected chi connectivity index (χ2v) is 6.18. The van der Waals surface area contributed by atoms with Gasteiger partial charge in [0.25, 0.3) is 5.92 Å². The maximum absolute atomic E-state index is 14.0. The number of halogens is 3. The molecule has 7 heteroatoms. The van der Waals surface area contributed by atoms with Crippen LogP contribution in [0.15, 0.2) is 6.07 Å². The minimum atomic E-state index is -3.04. The summed E-state index contributed by atoms with van der Waals surface area (Å²) in [5.41, 5.74) is 0.124. The molecule has 1 aromatic rings. The number of hydrogen-bond acceptors (Lipinski definition) is 3. The van der Waals surface area contributed by atoms with E-state index in [0.717, 1.165) is 0 Å². The predicted molar refractivity (Wildman–Crippen MR) is 76.9 cm³/mol. The largest absolute Gasteiger partial charge is 0.308 e. The van der Waals surface area contributed by atoms with E-state index in [0.29, 0.717) is 24.3 Å². The summed E-state index contributed by atoms with van der Waals surface area (Å²) in [4.78, 5) is 13.3. The molecule has 0 spiro atoms. The maximum atomic E-state index is 14.0. The van der Waals surface area contributed by atoms with Gasteiger partial charge in [-0.1, -0.05) is 27.2 Å². The summed E-state index contributed by atoms with van der Waals surface area (Å²) in [6.45, 7) is 5.84. The second-order valence-electron chi connectivity index (χ2n) is 5.92. The predicted octanol–water partition coefficient (Wildman–Crippen LogP) is 3.23. The van der Waals surface area contributed by atoms with Crippen molar-refractivity contribution in [3.63, 3.8) is 0 Å². The Bertz CT molecular complexity index is 563. The molecule has 0 saturated heterocycles. The van der Waals surface area contributed by atoms with Crippen molar-refractivity contribution in [3.05, 3.63) is 17.5 Å². The SMILES string of the molecule is CCCC(F)(F)c1cc2c(nn1)C(C)(C)CN2C(=O)CCl. The van der Waals surface area contributed by atoms with Gasteiger partial charge in [0.1, 0.15) is 11.6 Å². The molecule has 0 N–H and O–H groups in total. The lowest BCUT2D eigenvalue weighted by molar-refractivity contribution is -0.116. The second kappa shape index (κ2) is 5.48. The number of nitrogens with zero attached hydrogens (tertiary/aromatic N) is 3. The van der Waals surface area contributed by atoms with Gasteiger partial charge < -0.3 is 4.90 Å². The van der Waals surface area contributed by atoms with Gasteiger partial charge in [-0.05, 0) is 6.07 Å². The van der Waals surface area contributed by atoms with Crippen LogP contribution >= 0.6 is 11.6 Å². The van der Waals surface area contributed by atoms with Crippen LogP contribution in [-0.2, 0) is 16.1 Å². The van der Waals surface area contributed by atoms with Crippen molar-refractivity contribution >= 4 is 23.2 Å². The number of carbonyl (C=O) groups excluding carboxylic acids is 1. The molecular weight excluding hydrogens is 300 g/mol. The van der Waals surface area contributed by atoms with Gasteiger partial charge in [-0.2, -0.15) is 13.9 Å². The Kier molecular flexibility index (Phi) is 4.19. The quantitative estimate of drug-likeness (QED) is 0.801. The summed E-state index contributed by atoms with van der Waals surface area (Å²) in [5.74, 6) is -3.56. The third-order valence-corrected chi connectivity index (χ3v) is 3.84. The van der Waals surface area contributed by atoms with E-state index in [4.69, 9.17) is 11.6 Å². The van der Waals surface area contributed by atoms with Crippen LogP contribution in [0.25, 0.3) is 0 Å². The first-order valence-electron chi connectivity index (χ1n) is 6.86. The highest BCUT2D eigenvalue weighted by atomic mass is 35.5. The van der Waals surface area contributed by atoms with Crippen LogP contribution in [0, 0.1) is 0 Å². The van der Waals surface area contributed by atoms with E-state index in [1.807, 2.05) is 13.8 Å². The van der Waals surface area contributed by atoms with E-state index in [-0.39, 0.29) is 18.2 Å². The molecule has 1 amide bonds. The van der Waals surface area contributed by atoms with Crippen molar-refractivity contribution in [1.29, 1.82) is 0 Å². The van der Waals surface area contributed by atoms with Crippen molar-refractivity contribution < 1.29 is 13.6 Å². The van der Waals surface area contributed by atoms with Crippen molar-refractivity contribution in [1.82, 2.24) is 10.2 Å². The summed E-state index contributed by atoms with van der Waals surface area (Å²) in [7, 11) is 0. The molecule has 2 rings (SSSR count). The third-order valence-electron chi connectivity index (χ3n) is 3.61. The molecule has 21 heavy (non-hydrogen) atoms. The Balaban J connectivity index is 2.49. The zero-order valence-electron chi connectivity index (χ0n) is 12.3. The van der Waals surface area contributed by atoms with Gasteiger partial charge in [0.05, 0.1) is 11.4 Å². The number of anilines is 1. The molecule has 0 atom stereocenters. The highest BCUT2D eigenvalue weighted by Gasteiger charge is 2.42. The Morgan fingerprint density at radius 2 is 2.14 bits per heavy atom. The minimum Gasteiger partial charge on any atom is -0.308 e. The van der Waals surface area contributed by atoms with Gasteiger partial charge in [0.15, 0.2) is 0 Å². The average Bonchev–Trinajstić information content (AvgIpc) is 2.69. The van der Waals surface area contributed by atoms with E-state index in [1.165, 1.54) is 11.0 Å². The summed E-state index contributed by atoms with van der Waals surface area (Å²) in [6.07, 6.45) is 0.0366. The molecule has 1 aromatic heterocycles. The van der Waals surface area contributed by atoms with Gasteiger partial charge in [-0.3, -0.25) is 4.79 Å².